The van der Waals surface area contributed by atoms with Crippen molar-refractivity contribution in [1.82, 2.24) is 14.7 Å². The van der Waals surface area contributed by atoms with Gasteiger partial charge in [-0.05, 0) is 30.8 Å². The molecule has 7 nitrogen and oxygen atoms in total. The minimum atomic E-state index is -3.54. The summed E-state index contributed by atoms with van der Waals surface area (Å²) in [6.45, 7) is 0. The van der Waals surface area contributed by atoms with Gasteiger partial charge in [-0.15, -0.1) is 0 Å². The Kier molecular flexibility index (Phi) is 4.08. The number of hydrogen-bond donors (Lipinski definition) is 2. The molecule has 0 fully saturated rings. The highest BCUT2D eigenvalue weighted by molar-refractivity contribution is 7.89. The van der Waals surface area contributed by atoms with Crippen molar-refractivity contribution < 1.29 is 17.9 Å². The number of H-pyrrole nitrogens is 1. The minimum absolute atomic E-state index is 0.157. The number of aromatic nitrogens is 2. The standard InChI is InChI=1S/C16H15N3O4S/c1-17-24(21,22)12-5-3-4-10(6-12)11-7-13-14(16(20)23-2)9-19-15(13)18-8-11/h3-9,17H,1-2H3,(H,18,19). The number of nitrogens with zero attached hydrogens (tertiary/aromatic N) is 1. The zero-order chi connectivity index (χ0) is 17.3. The third kappa shape index (κ3) is 2.77. The van der Waals surface area contributed by atoms with Crippen molar-refractivity contribution in [2.75, 3.05) is 14.2 Å². The van der Waals surface area contributed by atoms with Gasteiger partial charge < -0.3 is 9.72 Å². The lowest BCUT2D eigenvalue weighted by atomic mass is 10.1. The third-order valence-electron chi connectivity index (χ3n) is 3.68. The molecular weight excluding hydrogens is 330 g/mol. The molecular formula is C16H15N3O4S. The van der Waals surface area contributed by atoms with Gasteiger partial charge in [-0.2, -0.15) is 0 Å². The zero-order valence-corrected chi connectivity index (χ0v) is 13.8. The van der Waals surface area contributed by atoms with Crippen LogP contribution in [0.15, 0.2) is 47.6 Å². The monoisotopic (exact) mass is 345 g/mol. The molecule has 2 N–H and O–H groups in total. The van der Waals surface area contributed by atoms with Gasteiger partial charge in [-0.1, -0.05) is 12.1 Å². The van der Waals surface area contributed by atoms with Crippen LogP contribution >= 0.6 is 0 Å². The fourth-order valence-corrected chi connectivity index (χ4v) is 3.18. The number of esters is 1. The van der Waals surface area contributed by atoms with Crippen molar-refractivity contribution >= 4 is 27.0 Å². The van der Waals surface area contributed by atoms with Crippen molar-refractivity contribution in [2.24, 2.45) is 0 Å². The third-order valence-corrected chi connectivity index (χ3v) is 5.09. The Labute approximate surface area is 138 Å². The van der Waals surface area contributed by atoms with Crippen molar-refractivity contribution in [1.29, 1.82) is 0 Å². The van der Waals surface area contributed by atoms with Crippen LogP contribution in [0.4, 0.5) is 0 Å². The first-order chi connectivity index (χ1) is 11.5. The molecule has 2 aromatic heterocycles. The molecule has 0 unspecified atom stereocenters. The van der Waals surface area contributed by atoms with Crippen LogP contribution in [0.1, 0.15) is 10.4 Å². The average Bonchev–Trinajstić information content (AvgIpc) is 3.04. The molecule has 1 aromatic carbocycles. The zero-order valence-electron chi connectivity index (χ0n) is 13.0. The Morgan fingerprint density at radius 2 is 2.04 bits per heavy atom. The SMILES string of the molecule is CNS(=O)(=O)c1cccc(-c2cnc3[nH]cc(C(=O)OC)c3c2)c1. The number of rotatable bonds is 4. The summed E-state index contributed by atoms with van der Waals surface area (Å²) < 4.78 is 30.9. The predicted octanol–water partition coefficient (Wildman–Crippen LogP) is 1.92. The smallest absolute Gasteiger partial charge is 0.340 e. The number of carbonyl (C=O) groups is 1. The lowest BCUT2D eigenvalue weighted by molar-refractivity contribution is 0.0603. The number of methoxy groups -OCH3 is 1. The molecule has 8 heteroatoms. The van der Waals surface area contributed by atoms with Gasteiger partial charge in [0.05, 0.1) is 17.6 Å². The second-order valence-corrected chi connectivity index (χ2v) is 6.94. The van der Waals surface area contributed by atoms with Crippen LogP contribution in [0, 0.1) is 0 Å². The van der Waals surface area contributed by atoms with Crippen LogP contribution in [-0.2, 0) is 14.8 Å². The molecule has 2 heterocycles. The summed E-state index contributed by atoms with van der Waals surface area (Å²) >= 11 is 0. The number of hydrogen-bond acceptors (Lipinski definition) is 5. The molecule has 0 saturated carbocycles. The maximum absolute atomic E-state index is 11.9. The van der Waals surface area contributed by atoms with E-state index in [4.69, 9.17) is 4.74 Å². The van der Waals surface area contributed by atoms with Gasteiger partial charge in [0.2, 0.25) is 10.0 Å². The number of aromatic amines is 1. The van der Waals surface area contributed by atoms with E-state index in [1.807, 2.05) is 0 Å². The van der Waals surface area contributed by atoms with E-state index in [2.05, 4.69) is 14.7 Å². The maximum atomic E-state index is 11.9. The highest BCUT2D eigenvalue weighted by Gasteiger charge is 2.15. The summed E-state index contributed by atoms with van der Waals surface area (Å²) in [7, 11) is -0.867. The van der Waals surface area contributed by atoms with Gasteiger partial charge in [-0.25, -0.2) is 22.9 Å². The van der Waals surface area contributed by atoms with Crippen molar-refractivity contribution in [3.8, 4) is 11.1 Å². The largest absolute Gasteiger partial charge is 0.465 e. The van der Waals surface area contributed by atoms with Gasteiger partial charge in [0.15, 0.2) is 0 Å². The highest BCUT2D eigenvalue weighted by Crippen LogP contribution is 2.26. The van der Waals surface area contributed by atoms with Crippen LogP contribution in [0.25, 0.3) is 22.2 Å². The molecule has 0 saturated heterocycles. The topological polar surface area (TPSA) is 101 Å². The molecule has 3 aromatic rings. The van der Waals surface area contributed by atoms with E-state index >= 15 is 0 Å². The molecule has 0 aliphatic heterocycles. The normalized spacial score (nSPS) is 11.6. The molecule has 3 rings (SSSR count). The van der Waals surface area contributed by atoms with E-state index in [1.165, 1.54) is 26.4 Å². The molecule has 0 atom stereocenters. The fraction of sp³-hybridized carbons (Fsp3) is 0.125. The number of fused-ring (bicyclic) bond motifs is 1. The summed E-state index contributed by atoms with van der Waals surface area (Å²) in [4.78, 5) is 19.1. The second kappa shape index (κ2) is 6.06. The van der Waals surface area contributed by atoms with E-state index in [0.29, 0.717) is 27.7 Å². The maximum Gasteiger partial charge on any atom is 0.340 e. The predicted molar refractivity (Wildman–Crippen MR) is 89.1 cm³/mol. The fourth-order valence-electron chi connectivity index (χ4n) is 2.40. The quantitative estimate of drug-likeness (QED) is 0.704. The summed E-state index contributed by atoms with van der Waals surface area (Å²) in [5.74, 6) is -0.466. The van der Waals surface area contributed by atoms with E-state index in [1.54, 1.807) is 30.5 Å². The lowest BCUT2D eigenvalue weighted by Crippen LogP contribution is -2.18. The lowest BCUT2D eigenvalue weighted by Gasteiger charge is -2.06. The molecule has 124 valence electrons. The Bertz CT molecular complexity index is 1020. The first-order valence-corrected chi connectivity index (χ1v) is 8.54. The van der Waals surface area contributed by atoms with Crippen LogP contribution in [0.2, 0.25) is 0 Å². The van der Waals surface area contributed by atoms with Crippen LogP contribution < -0.4 is 4.72 Å². The second-order valence-electron chi connectivity index (χ2n) is 5.05. The molecule has 0 spiro atoms. The number of sulfonamides is 1. The van der Waals surface area contributed by atoms with Crippen molar-refractivity contribution in [2.45, 2.75) is 4.90 Å². The minimum Gasteiger partial charge on any atom is -0.465 e. The van der Waals surface area contributed by atoms with Crippen LogP contribution in [0.3, 0.4) is 0 Å². The highest BCUT2D eigenvalue weighted by atomic mass is 32.2. The summed E-state index contributed by atoms with van der Waals surface area (Å²) in [6, 6.07) is 8.27. The Morgan fingerprint density at radius 1 is 1.25 bits per heavy atom. The molecule has 0 aliphatic rings. The molecule has 0 bridgehead atoms. The van der Waals surface area contributed by atoms with Crippen molar-refractivity contribution in [3.05, 3.63) is 48.3 Å². The van der Waals surface area contributed by atoms with Gasteiger partial charge in [0, 0.05) is 23.3 Å². The number of ether oxygens (including phenoxy) is 1. The molecule has 0 radical (unpaired) electrons. The Morgan fingerprint density at radius 3 is 2.75 bits per heavy atom. The van der Waals surface area contributed by atoms with E-state index in [9.17, 15) is 13.2 Å². The Hall–Kier alpha value is -2.71. The van der Waals surface area contributed by atoms with Crippen molar-refractivity contribution in [3.63, 3.8) is 0 Å². The Balaban J connectivity index is 2.13. The molecule has 0 aliphatic carbocycles. The summed E-state index contributed by atoms with van der Waals surface area (Å²) in [6.07, 6.45) is 3.15. The van der Waals surface area contributed by atoms with Gasteiger partial charge in [0.25, 0.3) is 0 Å². The number of nitrogens with one attached hydrogen (secondary N) is 2. The number of pyridine rings is 1. The summed E-state index contributed by atoms with van der Waals surface area (Å²) in [5, 5.41) is 0.612. The first-order valence-electron chi connectivity index (χ1n) is 7.05. The van der Waals surface area contributed by atoms with Gasteiger partial charge in [0.1, 0.15) is 5.65 Å². The van der Waals surface area contributed by atoms with Gasteiger partial charge >= 0.3 is 5.97 Å². The van der Waals surface area contributed by atoms with Crippen LogP contribution in [0.5, 0.6) is 0 Å². The number of benzene rings is 1. The number of carbonyl (C=O) groups excluding carboxylic acids is 1. The molecule has 0 amide bonds. The van der Waals surface area contributed by atoms with E-state index < -0.39 is 16.0 Å². The van der Waals surface area contributed by atoms with E-state index in [-0.39, 0.29) is 4.90 Å². The average molecular weight is 345 g/mol. The van der Waals surface area contributed by atoms with E-state index in [0.717, 1.165) is 0 Å². The molecule has 24 heavy (non-hydrogen) atoms. The van der Waals surface area contributed by atoms with Gasteiger partial charge in [-0.3, -0.25) is 0 Å². The first kappa shape index (κ1) is 16.2. The summed E-state index contributed by atoms with van der Waals surface area (Å²) in [5.41, 5.74) is 2.30. The van der Waals surface area contributed by atoms with Crippen LogP contribution in [-0.4, -0.2) is 38.5 Å².